The van der Waals surface area contributed by atoms with Crippen LogP contribution in [-0.4, -0.2) is 66.2 Å². The van der Waals surface area contributed by atoms with Gasteiger partial charge in [-0.15, -0.1) is 5.10 Å². The molecule has 0 bridgehead atoms. The lowest BCUT2D eigenvalue weighted by molar-refractivity contribution is -0.384. The van der Waals surface area contributed by atoms with Crippen molar-refractivity contribution in [1.29, 1.82) is 0 Å². The summed E-state index contributed by atoms with van der Waals surface area (Å²) in [6.07, 6.45) is -6.45. The zero-order valence-electron chi connectivity index (χ0n) is 22.2. The summed E-state index contributed by atoms with van der Waals surface area (Å²) in [4.78, 5) is 38.7. The number of hydrogen-bond acceptors (Lipinski definition) is 11. The molecule has 14 nitrogen and oxygen atoms in total. The molecule has 23 heteroatoms. The van der Waals surface area contributed by atoms with Gasteiger partial charge in [-0.25, -0.2) is 14.1 Å². The fourth-order valence-electron chi connectivity index (χ4n) is 3.42. The lowest BCUT2D eigenvalue weighted by atomic mass is 10.0. The first kappa shape index (κ1) is 33.1. The molecule has 1 aliphatic rings. The van der Waals surface area contributed by atoms with Gasteiger partial charge in [0.25, 0.3) is 11.6 Å². The lowest BCUT2D eigenvalue weighted by Crippen LogP contribution is -2.50. The van der Waals surface area contributed by atoms with Crippen molar-refractivity contribution in [3.63, 3.8) is 0 Å². The molecule has 3 heterocycles. The number of nitrogens with zero attached hydrogens (tertiary/aromatic N) is 8. The zero-order chi connectivity index (χ0) is 33.4. The highest BCUT2D eigenvalue weighted by atomic mass is 32.2. The summed E-state index contributed by atoms with van der Waals surface area (Å²) in [6.45, 7) is 1.59. The van der Waals surface area contributed by atoms with Crippen molar-refractivity contribution in [2.24, 2.45) is 10.2 Å². The van der Waals surface area contributed by atoms with E-state index in [1.165, 1.54) is 0 Å². The molecule has 0 aliphatic carbocycles. The number of amides is 2. The highest BCUT2D eigenvalue weighted by molar-refractivity contribution is 7.99. The van der Waals surface area contributed by atoms with Gasteiger partial charge in [-0.1, -0.05) is 0 Å². The van der Waals surface area contributed by atoms with Crippen LogP contribution in [0.4, 0.5) is 46.6 Å². The number of nitro benzene ring substituents is 1. The van der Waals surface area contributed by atoms with Crippen LogP contribution in [0, 0.1) is 15.9 Å². The Kier molecular flexibility index (Phi) is 8.77. The summed E-state index contributed by atoms with van der Waals surface area (Å²) in [5, 5.41) is 34.1. The number of hydrogen-bond donors (Lipinski definition) is 2. The number of nitrogens with one attached hydrogen (secondary N) is 2. The largest absolute Gasteiger partial charge is 0.460 e. The number of halogens is 8. The standard InChI is InChI=1S/C22H16F8N10O4S/c1-19(35-36-19)4-5-31-15(41)9-39-18(34-37-38-39)45-14-3-2-11(40(43)44)7-12(14)17(42)33-16-13(23)6-10(8-32-16)20(24,25)21(26,27)22(28,29)30/h2-3,6-8H,4-5,9H2,1H3,(H,31,41)(H,32,33,42). The van der Waals surface area contributed by atoms with Crippen LogP contribution in [0.5, 0.6) is 0 Å². The number of anilines is 1. The molecule has 45 heavy (non-hydrogen) atoms. The first-order valence-electron chi connectivity index (χ1n) is 12.1. The van der Waals surface area contributed by atoms with E-state index in [-0.39, 0.29) is 28.9 Å². The Bertz CT molecular complexity index is 1680. The zero-order valence-corrected chi connectivity index (χ0v) is 23.0. The van der Waals surface area contributed by atoms with Gasteiger partial charge in [0.2, 0.25) is 11.1 Å². The Morgan fingerprint density at radius 2 is 1.80 bits per heavy atom. The lowest BCUT2D eigenvalue weighted by Gasteiger charge is -2.28. The van der Waals surface area contributed by atoms with Crippen molar-refractivity contribution >= 4 is 35.1 Å². The normalized spacial score (nSPS) is 14.2. The summed E-state index contributed by atoms with van der Waals surface area (Å²) in [5.74, 6) is -17.5. The molecular formula is C22H16F8N10O4S. The molecule has 1 aliphatic heterocycles. The molecule has 2 N–H and O–H groups in total. The van der Waals surface area contributed by atoms with E-state index in [4.69, 9.17) is 0 Å². The molecule has 0 spiro atoms. The van der Waals surface area contributed by atoms with E-state index in [9.17, 15) is 54.8 Å². The predicted molar refractivity (Wildman–Crippen MR) is 133 cm³/mol. The molecule has 4 rings (SSSR count). The van der Waals surface area contributed by atoms with Gasteiger partial charge >= 0.3 is 18.0 Å². The first-order valence-corrected chi connectivity index (χ1v) is 12.9. The second-order valence-corrected chi connectivity index (χ2v) is 10.3. The van der Waals surface area contributed by atoms with E-state index in [1.54, 1.807) is 12.2 Å². The molecule has 240 valence electrons. The minimum atomic E-state index is -6.69. The van der Waals surface area contributed by atoms with E-state index in [1.807, 2.05) is 0 Å². The van der Waals surface area contributed by atoms with Crippen LogP contribution in [0.3, 0.4) is 0 Å². The second-order valence-electron chi connectivity index (χ2n) is 9.33. The van der Waals surface area contributed by atoms with E-state index in [0.717, 1.165) is 22.9 Å². The Labute approximate surface area is 248 Å². The van der Waals surface area contributed by atoms with Crippen LogP contribution in [-0.2, 0) is 17.3 Å². The van der Waals surface area contributed by atoms with Crippen LogP contribution in [0.2, 0.25) is 0 Å². The van der Waals surface area contributed by atoms with Crippen LogP contribution < -0.4 is 10.6 Å². The fraction of sp³-hybridized carbons (Fsp3) is 0.364. The minimum absolute atomic E-state index is 0.0892. The Morgan fingerprint density at radius 1 is 1.11 bits per heavy atom. The SMILES string of the molecule is CC1(CCNC(=O)Cn2nnnc2Sc2ccc([N+](=O)[O-])cc2C(=O)Nc2ncc(C(F)(F)C(F)(F)C(F)(F)F)cc2F)N=N1. The van der Waals surface area contributed by atoms with Crippen molar-refractivity contribution in [1.82, 2.24) is 30.5 Å². The maximum absolute atomic E-state index is 14.6. The quantitative estimate of drug-likeness (QED) is 0.160. The summed E-state index contributed by atoms with van der Waals surface area (Å²) < 4.78 is 108. The second kappa shape index (κ2) is 11.9. The third-order valence-electron chi connectivity index (χ3n) is 5.96. The number of aromatic nitrogens is 5. The topological polar surface area (TPSA) is 183 Å². The number of nitro groups is 1. The number of pyridine rings is 1. The summed E-state index contributed by atoms with van der Waals surface area (Å²) in [7, 11) is 0. The number of non-ortho nitro benzene ring substituents is 1. The molecule has 2 aromatic heterocycles. The fourth-order valence-corrected chi connectivity index (χ4v) is 4.30. The maximum atomic E-state index is 14.6. The van der Waals surface area contributed by atoms with Crippen molar-refractivity contribution in [3.8, 4) is 0 Å². The van der Waals surface area contributed by atoms with Gasteiger partial charge in [0.15, 0.2) is 17.3 Å². The molecule has 0 unspecified atom stereocenters. The summed E-state index contributed by atoms with van der Waals surface area (Å²) in [5.41, 5.74) is -3.88. The Hall–Kier alpha value is -4.83. The molecule has 2 amide bonds. The van der Waals surface area contributed by atoms with Gasteiger partial charge in [-0.2, -0.15) is 41.0 Å². The van der Waals surface area contributed by atoms with Crippen molar-refractivity contribution in [2.45, 2.75) is 53.6 Å². The Balaban J connectivity index is 1.54. The molecule has 0 fully saturated rings. The molecular weight excluding hydrogens is 652 g/mol. The molecule has 1 aromatic carbocycles. The monoisotopic (exact) mass is 668 g/mol. The van der Waals surface area contributed by atoms with Crippen molar-refractivity contribution < 1.29 is 49.6 Å². The highest BCUT2D eigenvalue weighted by Crippen LogP contribution is 2.51. The maximum Gasteiger partial charge on any atom is 0.460 e. The molecule has 0 atom stereocenters. The van der Waals surface area contributed by atoms with Gasteiger partial charge < -0.3 is 10.6 Å². The number of carbonyl (C=O) groups excluding carboxylic acids is 2. The van der Waals surface area contributed by atoms with Crippen LogP contribution in [0.15, 0.2) is 50.7 Å². The van der Waals surface area contributed by atoms with Crippen LogP contribution in [0.1, 0.15) is 29.3 Å². The Morgan fingerprint density at radius 3 is 2.40 bits per heavy atom. The van der Waals surface area contributed by atoms with Gasteiger partial charge in [0.1, 0.15) is 6.54 Å². The predicted octanol–water partition coefficient (Wildman–Crippen LogP) is 4.50. The van der Waals surface area contributed by atoms with E-state index in [2.05, 4.69) is 36.1 Å². The summed E-state index contributed by atoms with van der Waals surface area (Å²) >= 11 is 0.632. The number of alkyl halides is 7. The van der Waals surface area contributed by atoms with E-state index >= 15 is 0 Å². The average Bonchev–Trinajstić information content (AvgIpc) is 3.53. The number of carbonyl (C=O) groups is 2. The van der Waals surface area contributed by atoms with Crippen molar-refractivity contribution in [2.75, 3.05) is 11.9 Å². The third-order valence-corrected chi connectivity index (χ3v) is 7.01. The number of benzene rings is 1. The van der Waals surface area contributed by atoms with E-state index in [0.29, 0.717) is 18.2 Å². The number of tetrazole rings is 1. The molecule has 0 radical (unpaired) electrons. The number of rotatable bonds is 12. The molecule has 0 saturated carbocycles. The molecule has 0 saturated heterocycles. The van der Waals surface area contributed by atoms with Gasteiger partial charge in [-0.05, 0) is 41.2 Å². The van der Waals surface area contributed by atoms with Gasteiger partial charge in [0, 0.05) is 41.8 Å². The van der Waals surface area contributed by atoms with Gasteiger partial charge in [0.05, 0.1) is 10.5 Å². The highest BCUT2D eigenvalue weighted by Gasteiger charge is 2.73. The summed E-state index contributed by atoms with van der Waals surface area (Å²) in [6, 6.07) is 2.41. The van der Waals surface area contributed by atoms with Gasteiger partial charge in [-0.3, -0.25) is 19.7 Å². The van der Waals surface area contributed by atoms with Crippen molar-refractivity contribution in [3.05, 3.63) is 57.5 Å². The minimum Gasteiger partial charge on any atom is -0.354 e. The van der Waals surface area contributed by atoms with Crippen LogP contribution in [0.25, 0.3) is 0 Å². The molecule has 3 aromatic rings. The van der Waals surface area contributed by atoms with E-state index < -0.39 is 75.4 Å². The first-order chi connectivity index (χ1) is 20.8. The smallest absolute Gasteiger partial charge is 0.354 e. The average molecular weight is 668 g/mol. The van der Waals surface area contributed by atoms with Crippen LogP contribution >= 0.6 is 11.8 Å². The third kappa shape index (κ3) is 7.12.